The van der Waals surface area contributed by atoms with E-state index >= 15 is 0 Å². The van der Waals surface area contributed by atoms with Crippen molar-refractivity contribution in [3.8, 4) is 21.7 Å². The van der Waals surface area contributed by atoms with Gasteiger partial charge in [0.25, 0.3) is 5.89 Å². The van der Waals surface area contributed by atoms with Crippen molar-refractivity contribution in [3.05, 3.63) is 53.7 Å². The number of fused-ring (bicyclic) bond motifs is 2. The molecule has 0 amide bonds. The van der Waals surface area contributed by atoms with Gasteiger partial charge in [-0.15, -0.1) is 11.3 Å². The third-order valence-corrected chi connectivity index (χ3v) is 6.38. The molecule has 3 heterocycles. The van der Waals surface area contributed by atoms with Gasteiger partial charge in [-0.2, -0.15) is 0 Å². The van der Waals surface area contributed by atoms with E-state index in [2.05, 4.69) is 75.8 Å². The Hall–Kier alpha value is -2.99. The quantitative estimate of drug-likeness (QED) is 0.292. The van der Waals surface area contributed by atoms with Crippen LogP contribution in [0.5, 0.6) is 0 Å². The van der Waals surface area contributed by atoms with Gasteiger partial charge in [0, 0.05) is 0 Å². The Morgan fingerprint density at radius 1 is 0.710 bits per heavy atom. The zero-order valence-electron chi connectivity index (χ0n) is 18.6. The van der Waals surface area contributed by atoms with Crippen LogP contribution in [0.25, 0.3) is 43.9 Å². The minimum atomic E-state index is 0.0570. The summed E-state index contributed by atoms with van der Waals surface area (Å²) in [4.78, 5) is 14.7. The third-order valence-electron chi connectivity index (χ3n) is 5.41. The average Bonchev–Trinajstić information content (AvgIpc) is 3.41. The number of thiazole rings is 1. The first-order valence-corrected chi connectivity index (χ1v) is 11.2. The summed E-state index contributed by atoms with van der Waals surface area (Å²) in [5.41, 5.74) is 5.80. The molecule has 31 heavy (non-hydrogen) atoms. The second-order valence-electron chi connectivity index (χ2n) is 9.93. The number of hydrogen-bond acceptors (Lipinski definition) is 6. The predicted octanol–water partition coefficient (Wildman–Crippen LogP) is 7.35. The highest BCUT2D eigenvalue weighted by Gasteiger charge is 2.20. The molecular weight excluding hydrogens is 406 g/mol. The van der Waals surface area contributed by atoms with Gasteiger partial charge in [-0.1, -0.05) is 53.7 Å². The van der Waals surface area contributed by atoms with Crippen LogP contribution in [0, 0.1) is 0 Å². The molecule has 5 rings (SSSR count). The van der Waals surface area contributed by atoms with Crippen molar-refractivity contribution in [1.82, 2.24) is 15.0 Å². The fraction of sp³-hybridized carbons (Fsp3) is 0.320. The van der Waals surface area contributed by atoms with Crippen LogP contribution in [0.3, 0.4) is 0 Å². The Bertz CT molecular complexity index is 1300. The van der Waals surface area contributed by atoms with Gasteiger partial charge in [-0.05, 0) is 46.2 Å². The molecule has 0 radical (unpaired) electrons. The molecule has 0 spiro atoms. The van der Waals surface area contributed by atoms with E-state index in [4.69, 9.17) is 13.8 Å². The summed E-state index contributed by atoms with van der Waals surface area (Å²) < 4.78 is 12.0. The number of rotatable bonds is 2. The fourth-order valence-corrected chi connectivity index (χ4v) is 4.22. The first-order chi connectivity index (χ1) is 14.6. The standard InChI is InChI=1S/C25H25N3O2S/c1-24(2,3)14-7-9-18-16(11-14)27-21(29-18)20-13-26-23(31-20)22-28-17-12-15(25(4,5)6)8-10-19(17)30-22/h7-13H,1-6H3. The zero-order valence-corrected chi connectivity index (χ0v) is 19.4. The monoisotopic (exact) mass is 431 g/mol. The van der Waals surface area contributed by atoms with Crippen molar-refractivity contribution in [1.29, 1.82) is 0 Å². The Labute approximate surface area is 185 Å². The number of oxazole rings is 2. The summed E-state index contributed by atoms with van der Waals surface area (Å²) in [6.45, 7) is 13.1. The summed E-state index contributed by atoms with van der Waals surface area (Å²) in [7, 11) is 0. The summed E-state index contributed by atoms with van der Waals surface area (Å²) in [6.07, 6.45) is 1.77. The number of hydrogen-bond donors (Lipinski definition) is 0. The summed E-state index contributed by atoms with van der Waals surface area (Å²) in [5.74, 6) is 1.08. The summed E-state index contributed by atoms with van der Waals surface area (Å²) in [6, 6.07) is 12.3. The van der Waals surface area contributed by atoms with Gasteiger partial charge in [0.1, 0.15) is 15.9 Å². The Morgan fingerprint density at radius 3 is 1.77 bits per heavy atom. The van der Waals surface area contributed by atoms with E-state index in [0.29, 0.717) is 16.8 Å². The molecule has 158 valence electrons. The Morgan fingerprint density at radius 2 is 1.23 bits per heavy atom. The first kappa shape index (κ1) is 19.9. The lowest BCUT2D eigenvalue weighted by Crippen LogP contribution is -2.10. The van der Waals surface area contributed by atoms with E-state index in [0.717, 1.165) is 27.1 Å². The topological polar surface area (TPSA) is 65.0 Å². The molecule has 0 unspecified atom stereocenters. The molecule has 0 bridgehead atoms. The Kier molecular flexibility index (Phi) is 4.35. The SMILES string of the molecule is CC(C)(C)c1ccc2oc(-c3cnc(-c4nc5cc(C(C)(C)C)ccc5o4)s3)nc2c1. The lowest BCUT2D eigenvalue weighted by Gasteiger charge is -2.18. The van der Waals surface area contributed by atoms with Gasteiger partial charge >= 0.3 is 0 Å². The second-order valence-corrected chi connectivity index (χ2v) is 11.0. The van der Waals surface area contributed by atoms with Crippen LogP contribution in [0.15, 0.2) is 51.4 Å². The van der Waals surface area contributed by atoms with E-state index in [9.17, 15) is 0 Å². The van der Waals surface area contributed by atoms with Crippen LogP contribution in [0.4, 0.5) is 0 Å². The lowest BCUT2D eigenvalue weighted by molar-refractivity contribution is 0.589. The van der Waals surface area contributed by atoms with Gasteiger partial charge in [-0.25, -0.2) is 15.0 Å². The average molecular weight is 432 g/mol. The molecule has 2 aromatic carbocycles. The van der Waals surface area contributed by atoms with E-state index in [1.807, 2.05) is 12.1 Å². The highest BCUT2D eigenvalue weighted by atomic mass is 32.1. The second kappa shape index (κ2) is 6.76. The maximum Gasteiger partial charge on any atom is 0.256 e. The highest BCUT2D eigenvalue weighted by molar-refractivity contribution is 7.18. The minimum Gasteiger partial charge on any atom is -0.435 e. The lowest BCUT2D eigenvalue weighted by atomic mass is 9.87. The van der Waals surface area contributed by atoms with E-state index < -0.39 is 0 Å². The number of nitrogens with zero attached hydrogens (tertiary/aromatic N) is 3. The number of benzene rings is 2. The van der Waals surface area contributed by atoms with Crippen LogP contribution < -0.4 is 0 Å². The third kappa shape index (κ3) is 3.65. The van der Waals surface area contributed by atoms with E-state index in [1.54, 1.807) is 6.20 Å². The van der Waals surface area contributed by atoms with Gasteiger partial charge in [-0.3, -0.25) is 0 Å². The summed E-state index contributed by atoms with van der Waals surface area (Å²) in [5, 5.41) is 0.709. The summed E-state index contributed by atoms with van der Waals surface area (Å²) >= 11 is 1.47. The molecule has 3 aromatic heterocycles. The molecule has 0 atom stereocenters. The molecule has 0 N–H and O–H groups in total. The molecule has 0 aliphatic heterocycles. The van der Waals surface area contributed by atoms with Gasteiger partial charge in [0.15, 0.2) is 16.2 Å². The molecule has 0 saturated heterocycles. The molecule has 0 aliphatic carbocycles. The van der Waals surface area contributed by atoms with E-state index in [-0.39, 0.29) is 10.8 Å². The normalized spacial score (nSPS) is 12.8. The van der Waals surface area contributed by atoms with Crippen LogP contribution in [0.1, 0.15) is 52.7 Å². The van der Waals surface area contributed by atoms with Crippen LogP contribution in [-0.2, 0) is 10.8 Å². The Balaban J connectivity index is 1.50. The highest BCUT2D eigenvalue weighted by Crippen LogP contribution is 2.36. The van der Waals surface area contributed by atoms with Crippen LogP contribution in [-0.4, -0.2) is 15.0 Å². The molecule has 5 aromatic rings. The molecule has 0 saturated carbocycles. The predicted molar refractivity (Wildman–Crippen MR) is 126 cm³/mol. The molecule has 0 aliphatic rings. The van der Waals surface area contributed by atoms with Crippen molar-refractivity contribution in [2.24, 2.45) is 0 Å². The van der Waals surface area contributed by atoms with Gasteiger partial charge < -0.3 is 8.83 Å². The molecular formula is C25H25N3O2S. The van der Waals surface area contributed by atoms with Gasteiger partial charge in [0.05, 0.1) is 6.20 Å². The molecule has 6 heteroatoms. The molecule has 5 nitrogen and oxygen atoms in total. The van der Waals surface area contributed by atoms with E-state index in [1.165, 1.54) is 22.5 Å². The van der Waals surface area contributed by atoms with Crippen molar-refractivity contribution in [2.45, 2.75) is 52.4 Å². The minimum absolute atomic E-state index is 0.0570. The maximum absolute atomic E-state index is 5.99. The van der Waals surface area contributed by atoms with Gasteiger partial charge in [0.2, 0.25) is 5.89 Å². The van der Waals surface area contributed by atoms with Crippen molar-refractivity contribution >= 4 is 33.5 Å². The van der Waals surface area contributed by atoms with Crippen molar-refractivity contribution < 1.29 is 8.83 Å². The van der Waals surface area contributed by atoms with Crippen molar-refractivity contribution in [3.63, 3.8) is 0 Å². The zero-order chi connectivity index (χ0) is 22.0. The van der Waals surface area contributed by atoms with Crippen LogP contribution >= 0.6 is 11.3 Å². The molecule has 0 fully saturated rings. The van der Waals surface area contributed by atoms with Crippen LogP contribution in [0.2, 0.25) is 0 Å². The first-order valence-electron chi connectivity index (χ1n) is 10.4. The fourth-order valence-electron chi connectivity index (χ4n) is 3.46. The largest absolute Gasteiger partial charge is 0.435 e. The number of aromatic nitrogens is 3. The maximum atomic E-state index is 5.99. The smallest absolute Gasteiger partial charge is 0.256 e. The van der Waals surface area contributed by atoms with Crippen molar-refractivity contribution in [2.75, 3.05) is 0 Å².